The van der Waals surface area contributed by atoms with Gasteiger partial charge >= 0.3 is 0 Å². The number of hydrogen-bond acceptors (Lipinski definition) is 1. The van der Waals surface area contributed by atoms with Crippen LogP contribution in [-0.4, -0.2) is 4.98 Å². The molecule has 1 nitrogen and oxygen atoms in total. The predicted molar refractivity (Wildman–Crippen MR) is 59.8 cm³/mol. The summed E-state index contributed by atoms with van der Waals surface area (Å²) in [7, 11) is 0. The van der Waals surface area contributed by atoms with Crippen LogP contribution < -0.4 is 0 Å². The van der Waals surface area contributed by atoms with E-state index < -0.39 is 6.17 Å². The molecule has 2 heteroatoms. The zero-order valence-electron chi connectivity index (χ0n) is 9.84. The second-order valence-corrected chi connectivity index (χ2v) is 5.51. The summed E-state index contributed by atoms with van der Waals surface area (Å²) in [6.07, 6.45) is 1.47. The number of aromatic nitrogens is 1. The summed E-state index contributed by atoms with van der Waals surface area (Å²) < 4.78 is 13.7. The second-order valence-electron chi connectivity index (χ2n) is 5.51. The lowest BCUT2D eigenvalue weighted by atomic mass is 9.82. The molecule has 15 heavy (non-hydrogen) atoms. The maximum Gasteiger partial charge on any atom is 0.143 e. The normalized spacial score (nSPS) is 25.4. The Morgan fingerprint density at radius 2 is 2.07 bits per heavy atom. The van der Waals surface area contributed by atoms with Crippen molar-refractivity contribution in [2.45, 2.75) is 51.6 Å². The van der Waals surface area contributed by atoms with Gasteiger partial charge < -0.3 is 0 Å². The van der Waals surface area contributed by atoms with Gasteiger partial charge in [0.25, 0.3) is 0 Å². The largest absolute Gasteiger partial charge is 0.258 e. The first-order chi connectivity index (χ1) is 6.91. The first-order valence-electron chi connectivity index (χ1n) is 5.54. The van der Waals surface area contributed by atoms with Crippen LogP contribution in [0.2, 0.25) is 0 Å². The van der Waals surface area contributed by atoms with Crippen molar-refractivity contribution in [2.75, 3.05) is 0 Å². The van der Waals surface area contributed by atoms with Crippen LogP contribution in [0, 0.1) is 0 Å². The predicted octanol–water partition coefficient (Wildman–Crippen LogP) is 3.90. The smallest absolute Gasteiger partial charge is 0.143 e. The average Bonchev–Trinajstić information content (AvgIpc) is 2.41. The first kappa shape index (κ1) is 10.6. The van der Waals surface area contributed by atoms with Gasteiger partial charge in [-0.1, -0.05) is 27.7 Å². The minimum atomic E-state index is -0.864. The van der Waals surface area contributed by atoms with Crippen molar-refractivity contribution in [1.82, 2.24) is 4.98 Å². The molecular weight excluding hydrogens is 189 g/mol. The molecule has 1 aromatic heterocycles. The van der Waals surface area contributed by atoms with E-state index in [0.717, 1.165) is 5.56 Å². The molecule has 0 saturated heterocycles. The second kappa shape index (κ2) is 3.29. The highest BCUT2D eigenvalue weighted by molar-refractivity contribution is 5.41. The number of hydrogen-bond donors (Lipinski definition) is 0. The number of fused-ring (bicyclic) bond motifs is 1. The lowest BCUT2D eigenvalue weighted by molar-refractivity contribution is 0.326. The Bertz CT molecular complexity index is 379. The molecule has 82 valence electrons. The van der Waals surface area contributed by atoms with Gasteiger partial charge in [-0.2, -0.15) is 0 Å². The van der Waals surface area contributed by atoms with Gasteiger partial charge in [-0.3, -0.25) is 4.98 Å². The molecule has 0 bridgehead atoms. The van der Waals surface area contributed by atoms with Crippen LogP contribution in [0.25, 0.3) is 0 Å². The fraction of sp³-hybridized carbons (Fsp3) is 0.615. The minimum Gasteiger partial charge on any atom is -0.258 e. The van der Waals surface area contributed by atoms with Crippen molar-refractivity contribution < 1.29 is 4.39 Å². The Kier molecular flexibility index (Phi) is 2.32. The number of rotatable bonds is 0. The van der Waals surface area contributed by atoms with E-state index in [4.69, 9.17) is 0 Å². The summed E-state index contributed by atoms with van der Waals surface area (Å²) in [5.41, 5.74) is 3.15. The summed E-state index contributed by atoms with van der Waals surface area (Å²) in [6, 6.07) is 2.04. The quantitative estimate of drug-likeness (QED) is 0.628. The van der Waals surface area contributed by atoms with Gasteiger partial charge in [-0.25, -0.2) is 4.39 Å². The van der Waals surface area contributed by atoms with Crippen LogP contribution in [0.5, 0.6) is 0 Å². The van der Waals surface area contributed by atoms with Crippen molar-refractivity contribution in [3.63, 3.8) is 0 Å². The number of nitrogens with zero attached hydrogens (tertiary/aromatic N) is 1. The monoisotopic (exact) mass is 207 g/mol. The van der Waals surface area contributed by atoms with Gasteiger partial charge in [0.1, 0.15) is 6.17 Å². The molecule has 0 fully saturated rings. The van der Waals surface area contributed by atoms with E-state index in [-0.39, 0.29) is 5.41 Å². The molecule has 0 aliphatic heterocycles. The summed E-state index contributed by atoms with van der Waals surface area (Å²) in [5, 5.41) is 0. The van der Waals surface area contributed by atoms with Gasteiger partial charge in [0.05, 0.1) is 5.69 Å². The van der Waals surface area contributed by atoms with E-state index in [2.05, 4.69) is 32.7 Å². The third-order valence-corrected chi connectivity index (χ3v) is 3.18. The molecule has 1 aliphatic carbocycles. The van der Waals surface area contributed by atoms with Crippen LogP contribution in [0.1, 0.15) is 63.0 Å². The highest BCUT2D eigenvalue weighted by Crippen LogP contribution is 2.45. The number of alkyl halides is 1. The Labute approximate surface area is 90.7 Å². The summed E-state index contributed by atoms with van der Waals surface area (Å²) >= 11 is 0. The molecule has 2 atom stereocenters. The number of pyridine rings is 1. The molecule has 1 aliphatic rings. The van der Waals surface area contributed by atoms with Gasteiger partial charge in [0.2, 0.25) is 0 Å². The minimum absolute atomic E-state index is 0.0747. The van der Waals surface area contributed by atoms with Crippen LogP contribution >= 0.6 is 0 Å². The average molecular weight is 207 g/mol. The molecule has 0 amide bonds. The fourth-order valence-electron chi connectivity index (χ4n) is 2.45. The first-order valence-corrected chi connectivity index (χ1v) is 5.54. The van der Waals surface area contributed by atoms with Crippen molar-refractivity contribution in [3.05, 3.63) is 29.1 Å². The molecular formula is C13H18FN. The van der Waals surface area contributed by atoms with Crippen molar-refractivity contribution in [2.24, 2.45) is 0 Å². The van der Waals surface area contributed by atoms with E-state index in [1.807, 2.05) is 6.07 Å². The molecule has 1 aromatic rings. The van der Waals surface area contributed by atoms with E-state index in [9.17, 15) is 4.39 Å². The molecule has 0 radical (unpaired) electrons. The number of halogens is 1. The third kappa shape index (κ3) is 1.66. The van der Waals surface area contributed by atoms with Crippen LogP contribution in [0.3, 0.4) is 0 Å². The Hall–Kier alpha value is -0.920. The van der Waals surface area contributed by atoms with Crippen molar-refractivity contribution in [3.8, 4) is 0 Å². The molecule has 0 N–H and O–H groups in total. The van der Waals surface area contributed by atoms with Crippen LogP contribution in [-0.2, 0) is 5.41 Å². The van der Waals surface area contributed by atoms with Gasteiger partial charge in [-0.15, -0.1) is 0 Å². The molecule has 1 heterocycles. The molecule has 0 saturated carbocycles. The molecule has 2 unspecified atom stereocenters. The molecule has 2 rings (SSSR count). The highest BCUT2D eigenvalue weighted by Gasteiger charge is 2.34. The Morgan fingerprint density at radius 1 is 1.40 bits per heavy atom. The van der Waals surface area contributed by atoms with Crippen LogP contribution in [0.4, 0.5) is 4.39 Å². The summed E-state index contributed by atoms with van der Waals surface area (Å²) in [6.45, 7) is 8.60. The summed E-state index contributed by atoms with van der Waals surface area (Å²) in [5.74, 6) is 0.304. The molecule has 0 spiro atoms. The maximum absolute atomic E-state index is 13.7. The Balaban J connectivity index is 2.61. The summed E-state index contributed by atoms with van der Waals surface area (Å²) in [4.78, 5) is 4.19. The fourth-order valence-corrected chi connectivity index (χ4v) is 2.45. The van der Waals surface area contributed by atoms with Gasteiger partial charge in [-0.05, 0) is 34.9 Å². The van der Waals surface area contributed by atoms with Crippen molar-refractivity contribution in [1.29, 1.82) is 0 Å². The zero-order valence-corrected chi connectivity index (χ0v) is 9.84. The van der Waals surface area contributed by atoms with E-state index in [1.54, 1.807) is 6.20 Å². The van der Waals surface area contributed by atoms with E-state index in [1.165, 1.54) is 5.56 Å². The Morgan fingerprint density at radius 3 is 2.67 bits per heavy atom. The maximum atomic E-state index is 13.7. The van der Waals surface area contributed by atoms with Crippen molar-refractivity contribution >= 4 is 0 Å². The van der Waals surface area contributed by atoms with Gasteiger partial charge in [0, 0.05) is 6.20 Å². The SMILES string of the molecule is CC1CC(F)c2nccc(C(C)(C)C)c21. The lowest BCUT2D eigenvalue weighted by Crippen LogP contribution is -2.15. The van der Waals surface area contributed by atoms with E-state index >= 15 is 0 Å². The van der Waals surface area contributed by atoms with E-state index in [0.29, 0.717) is 18.0 Å². The lowest BCUT2D eigenvalue weighted by Gasteiger charge is -2.23. The van der Waals surface area contributed by atoms with Crippen LogP contribution in [0.15, 0.2) is 12.3 Å². The third-order valence-electron chi connectivity index (χ3n) is 3.18. The molecule has 0 aromatic carbocycles. The van der Waals surface area contributed by atoms with Gasteiger partial charge in [0.15, 0.2) is 0 Å². The zero-order chi connectivity index (χ0) is 11.2. The standard InChI is InChI=1S/C13H18FN/c1-8-7-10(14)12-11(8)9(5-6-15-12)13(2,3)4/h5-6,8,10H,7H2,1-4H3. The highest BCUT2D eigenvalue weighted by atomic mass is 19.1. The topological polar surface area (TPSA) is 12.9 Å².